The summed E-state index contributed by atoms with van der Waals surface area (Å²) in [6.45, 7) is -0.810. The van der Waals surface area contributed by atoms with E-state index in [1.165, 1.54) is 14.2 Å². The number of rotatable bonds is 9. The molecule has 28 heavy (non-hydrogen) atoms. The van der Waals surface area contributed by atoms with Crippen LogP contribution in [0.3, 0.4) is 0 Å². The number of hydrogen-bond donors (Lipinski definition) is 2. The second-order valence-electron chi connectivity index (χ2n) is 5.71. The van der Waals surface area contributed by atoms with Gasteiger partial charge < -0.3 is 24.8 Å². The lowest BCUT2D eigenvalue weighted by molar-refractivity contribution is -0.147. The van der Waals surface area contributed by atoms with Crippen LogP contribution < -0.4 is 20.1 Å². The first-order valence-electron chi connectivity index (χ1n) is 8.50. The van der Waals surface area contributed by atoms with Gasteiger partial charge in [-0.05, 0) is 17.7 Å². The van der Waals surface area contributed by atoms with E-state index in [1.807, 2.05) is 30.3 Å². The van der Waals surface area contributed by atoms with E-state index in [1.54, 1.807) is 18.2 Å². The fraction of sp³-hybridized carbons (Fsp3) is 0.250. The van der Waals surface area contributed by atoms with Crippen LogP contribution in [0.5, 0.6) is 11.5 Å². The van der Waals surface area contributed by atoms with Crippen LogP contribution >= 0.6 is 0 Å². The average Bonchev–Trinajstić information content (AvgIpc) is 2.71. The standard InChI is InChI=1S/C20H22N2O6/c1-26-15-8-9-17(27-2)16(11-15)22-19(24)13-28-20(25)12-21-18(23)10-14-6-4-3-5-7-14/h3-9,11H,10,12-13H2,1-2H3,(H,21,23)(H,22,24). The topological polar surface area (TPSA) is 103 Å². The SMILES string of the molecule is COc1ccc(OC)c(NC(=O)COC(=O)CNC(=O)Cc2ccccc2)c1. The third kappa shape index (κ3) is 6.64. The van der Waals surface area contributed by atoms with Gasteiger partial charge in [-0.1, -0.05) is 30.3 Å². The Morgan fingerprint density at radius 3 is 2.36 bits per heavy atom. The van der Waals surface area contributed by atoms with E-state index in [2.05, 4.69) is 10.6 Å². The number of esters is 1. The second kappa shape index (κ2) is 10.6. The summed E-state index contributed by atoms with van der Waals surface area (Å²) < 4.78 is 15.1. The summed E-state index contributed by atoms with van der Waals surface area (Å²) in [4.78, 5) is 35.5. The Kier molecular flexibility index (Phi) is 7.83. The largest absolute Gasteiger partial charge is 0.497 e. The van der Waals surface area contributed by atoms with E-state index in [4.69, 9.17) is 14.2 Å². The summed E-state index contributed by atoms with van der Waals surface area (Å²) in [7, 11) is 2.97. The molecule has 0 aromatic heterocycles. The molecule has 0 bridgehead atoms. The maximum atomic E-state index is 12.0. The number of ether oxygens (including phenoxy) is 3. The van der Waals surface area contributed by atoms with Crippen molar-refractivity contribution in [3.05, 3.63) is 54.1 Å². The molecule has 0 atom stereocenters. The summed E-state index contributed by atoms with van der Waals surface area (Å²) in [6.07, 6.45) is 0.157. The maximum Gasteiger partial charge on any atom is 0.325 e. The number of nitrogens with one attached hydrogen (secondary N) is 2. The molecule has 8 nitrogen and oxygen atoms in total. The molecule has 0 aliphatic heterocycles. The minimum absolute atomic E-state index is 0.157. The molecule has 0 heterocycles. The summed E-state index contributed by atoms with van der Waals surface area (Å²) in [5.41, 5.74) is 1.22. The van der Waals surface area contributed by atoms with Crippen LogP contribution in [0.15, 0.2) is 48.5 Å². The van der Waals surface area contributed by atoms with E-state index < -0.39 is 18.5 Å². The van der Waals surface area contributed by atoms with Crippen molar-refractivity contribution in [1.29, 1.82) is 0 Å². The Morgan fingerprint density at radius 2 is 1.68 bits per heavy atom. The molecule has 0 unspecified atom stereocenters. The summed E-state index contributed by atoms with van der Waals surface area (Å²) in [5.74, 6) is -0.596. The third-order valence-corrected chi connectivity index (χ3v) is 3.68. The normalized spacial score (nSPS) is 9.93. The van der Waals surface area contributed by atoms with Crippen LogP contribution in [0.4, 0.5) is 5.69 Å². The molecular formula is C20H22N2O6. The Hall–Kier alpha value is -3.55. The molecule has 0 spiro atoms. The molecule has 0 aliphatic rings. The van der Waals surface area contributed by atoms with Crippen molar-refractivity contribution >= 4 is 23.5 Å². The predicted octanol–water partition coefficient (Wildman–Crippen LogP) is 1.54. The number of amides is 2. The van der Waals surface area contributed by atoms with Crippen molar-refractivity contribution in [2.75, 3.05) is 32.7 Å². The molecule has 8 heteroatoms. The molecule has 0 saturated carbocycles. The number of methoxy groups -OCH3 is 2. The Labute approximate surface area is 162 Å². The molecule has 0 fully saturated rings. The van der Waals surface area contributed by atoms with E-state index in [-0.39, 0.29) is 18.9 Å². The lowest BCUT2D eigenvalue weighted by atomic mass is 10.1. The lowest BCUT2D eigenvalue weighted by Gasteiger charge is -2.12. The number of anilines is 1. The van der Waals surface area contributed by atoms with Crippen molar-refractivity contribution < 1.29 is 28.6 Å². The summed E-state index contributed by atoms with van der Waals surface area (Å²) >= 11 is 0. The van der Waals surface area contributed by atoms with Gasteiger partial charge in [0.05, 0.1) is 26.3 Å². The van der Waals surface area contributed by atoms with Gasteiger partial charge in [0.15, 0.2) is 6.61 Å². The molecule has 2 amide bonds. The maximum absolute atomic E-state index is 12.0. The predicted molar refractivity (Wildman–Crippen MR) is 102 cm³/mol. The van der Waals surface area contributed by atoms with Gasteiger partial charge >= 0.3 is 5.97 Å². The monoisotopic (exact) mass is 386 g/mol. The highest BCUT2D eigenvalue weighted by atomic mass is 16.5. The van der Waals surface area contributed by atoms with Crippen LogP contribution in [0.25, 0.3) is 0 Å². The molecule has 148 valence electrons. The zero-order chi connectivity index (χ0) is 20.4. The number of carbonyl (C=O) groups is 3. The molecule has 2 N–H and O–H groups in total. The van der Waals surface area contributed by atoms with Gasteiger partial charge in [-0.3, -0.25) is 14.4 Å². The number of carbonyl (C=O) groups excluding carboxylic acids is 3. The second-order valence-corrected chi connectivity index (χ2v) is 5.71. The van der Waals surface area contributed by atoms with E-state index in [9.17, 15) is 14.4 Å². The Bertz CT molecular complexity index is 823. The first kappa shape index (κ1) is 20.8. The minimum Gasteiger partial charge on any atom is -0.497 e. The minimum atomic E-state index is -0.714. The van der Waals surface area contributed by atoms with E-state index in [0.717, 1.165) is 5.56 Å². The van der Waals surface area contributed by atoms with Gasteiger partial charge in [-0.2, -0.15) is 0 Å². The van der Waals surface area contributed by atoms with Crippen molar-refractivity contribution in [3.63, 3.8) is 0 Å². The first-order chi connectivity index (χ1) is 13.5. The van der Waals surface area contributed by atoms with Crippen LogP contribution in [0.1, 0.15) is 5.56 Å². The highest BCUT2D eigenvalue weighted by molar-refractivity contribution is 5.94. The highest BCUT2D eigenvalue weighted by Gasteiger charge is 2.12. The molecule has 2 aromatic carbocycles. The number of benzene rings is 2. The average molecular weight is 386 g/mol. The van der Waals surface area contributed by atoms with Crippen LogP contribution in [-0.4, -0.2) is 45.2 Å². The van der Waals surface area contributed by atoms with Crippen molar-refractivity contribution in [1.82, 2.24) is 5.32 Å². The van der Waals surface area contributed by atoms with Gasteiger partial charge in [-0.25, -0.2) is 0 Å². The zero-order valence-electron chi connectivity index (χ0n) is 15.7. The van der Waals surface area contributed by atoms with Gasteiger partial charge in [0.1, 0.15) is 18.0 Å². The first-order valence-corrected chi connectivity index (χ1v) is 8.50. The zero-order valence-corrected chi connectivity index (χ0v) is 15.7. The van der Waals surface area contributed by atoms with Crippen LogP contribution in [-0.2, 0) is 25.5 Å². The summed E-state index contributed by atoms with van der Waals surface area (Å²) in [5, 5.41) is 5.04. The summed E-state index contributed by atoms with van der Waals surface area (Å²) in [6, 6.07) is 14.0. The van der Waals surface area contributed by atoms with Crippen molar-refractivity contribution in [2.45, 2.75) is 6.42 Å². The Morgan fingerprint density at radius 1 is 0.929 bits per heavy atom. The fourth-order valence-corrected chi connectivity index (χ4v) is 2.31. The van der Waals surface area contributed by atoms with E-state index in [0.29, 0.717) is 17.2 Å². The molecule has 2 rings (SSSR count). The van der Waals surface area contributed by atoms with Gasteiger partial charge in [0.25, 0.3) is 5.91 Å². The van der Waals surface area contributed by atoms with Crippen LogP contribution in [0, 0.1) is 0 Å². The molecule has 0 aliphatic carbocycles. The molecule has 0 radical (unpaired) electrons. The van der Waals surface area contributed by atoms with Crippen molar-refractivity contribution in [3.8, 4) is 11.5 Å². The van der Waals surface area contributed by atoms with Gasteiger partial charge in [0.2, 0.25) is 5.91 Å². The van der Waals surface area contributed by atoms with E-state index >= 15 is 0 Å². The third-order valence-electron chi connectivity index (χ3n) is 3.68. The fourth-order valence-electron chi connectivity index (χ4n) is 2.31. The quantitative estimate of drug-likeness (QED) is 0.634. The molecular weight excluding hydrogens is 364 g/mol. The lowest BCUT2D eigenvalue weighted by Crippen LogP contribution is -2.33. The molecule has 2 aromatic rings. The van der Waals surface area contributed by atoms with Crippen LogP contribution in [0.2, 0.25) is 0 Å². The van der Waals surface area contributed by atoms with Gasteiger partial charge in [0, 0.05) is 6.07 Å². The smallest absolute Gasteiger partial charge is 0.325 e. The highest BCUT2D eigenvalue weighted by Crippen LogP contribution is 2.28. The van der Waals surface area contributed by atoms with Crippen molar-refractivity contribution in [2.24, 2.45) is 0 Å². The molecule has 0 saturated heterocycles. The Balaban J connectivity index is 1.75. The number of hydrogen-bond acceptors (Lipinski definition) is 6. The van der Waals surface area contributed by atoms with Gasteiger partial charge in [-0.15, -0.1) is 0 Å².